The molecule has 2 aromatic carbocycles. The molecular weight excluding hydrogens is 326 g/mol. The zero-order chi connectivity index (χ0) is 17.6. The molecule has 3 rings (SSSR count). The summed E-state index contributed by atoms with van der Waals surface area (Å²) in [7, 11) is 0. The van der Waals surface area contributed by atoms with Crippen molar-refractivity contribution < 1.29 is 13.6 Å². The molecule has 3 aromatic rings. The molecule has 1 aromatic heterocycles. The van der Waals surface area contributed by atoms with Crippen LogP contribution in [0.1, 0.15) is 16.1 Å². The highest BCUT2D eigenvalue weighted by Crippen LogP contribution is 2.12. The SMILES string of the molecule is O=C(Nc1ccc(F)cc1)c1cc(NCc2ccc(F)cc2)ncn1. The van der Waals surface area contributed by atoms with Crippen LogP contribution < -0.4 is 10.6 Å². The minimum atomic E-state index is -0.432. The molecule has 0 bridgehead atoms. The van der Waals surface area contributed by atoms with Crippen molar-refractivity contribution in [3.8, 4) is 0 Å². The topological polar surface area (TPSA) is 66.9 Å². The molecule has 0 radical (unpaired) electrons. The van der Waals surface area contributed by atoms with E-state index in [1.54, 1.807) is 12.1 Å². The van der Waals surface area contributed by atoms with Crippen molar-refractivity contribution in [1.82, 2.24) is 9.97 Å². The quantitative estimate of drug-likeness (QED) is 0.744. The second kappa shape index (κ2) is 7.48. The van der Waals surface area contributed by atoms with E-state index in [0.29, 0.717) is 18.1 Å². The van der Waals surface area contributed by atoms with Gasteiger partial charge in [-0.05, 0) is 42.0 Å². The minimum Gasteiger partial charge on any atom is -0.366 e. The molecule has 0 saturated heterocycles. The van der Waals surface area contributed by atoms with Crippen molar-refractivity contribution in [2.75, 3.05) is 10.6 Å². The van der Waals surface area contributed by atoms with Gasteiger partial charge in [0.25, 0.3) is 5.91 Å². The highest BCUT2D eigenvalue weighted by molar-refractivity contribution is 6.03. The van der Waals surface area contributed by atoms with Crippen LogP contribution in [0.2, 0.25) is 0 Å². The smallest absolute Gasteiger partial charge is 0.274 e. The summed E-state index contributed by atoms with van der Waals surface area (Å²) in [5.41, 5.74) is 1.50. The molecule has 0 saturated carbocycles. The lowest BCUT2D eigenvalue weighted by molar-refractivity contribution is 0.102. The first-order valence-electron chi connectivity index (χ1n) is 7.47. The monoisotopic (exact) mass is 340 g/mol. The van der Waals surface area contributed by atoms with Gasteiger partial charge in [-0.15, -0.1) is 0 Å². The number of benzene rings is 2. The van der Waals surface area contributed by atoms with E-state index >= 15 is 0 Å². The standard InChI is InChI=1S/C18H14F2N4O/c19-13-3-1-12(2-4-13)10-21-17-9-16(22-11-23-17)18(25)24-15-7-5-14(20)6-8-15/h1-9,11H,10H2,(H,24,25)(H,21,22,23). The van der Waals surface area contributed by atoms with E-state index in [1.807, 2.05) is 0 Å². The van der Waals surface area contributed by atoms with Gasteiger partial charge in [-0.25, -0.2) is 18.7 Å². The van der Waals surface area contributed by atoms with E-state index in [9.17, 15) is 13.6 Å². The Hall–Kier alpha value is -3.35. The molecular formula is C18H14F2N4O. The second-order valence-electron chi connectivity index (χ2n) is 5.23. The van der Waals surface area contributed by atoms with Gasteiger partial charge in [0.05, 0.1) is 0 Å². The highest BCUT2D eigenvalue weighted by atomic mass is 19.1. The van der Waals surface area contributed by atoms with Crippen molar-refractivity contribution in [1.29, 1.82) is 0 Å². The first-order chi connectivity index (χ1) is 12.1. The molecule has 0 atom stereocenters. The summed E-state index contributed by atoms with van der Waals surface area (Å²) in [6, 6.07) is 13.0. The number of hydrogen-bond acceptors (Lipinski definition) is 4. The second-order valence-corrected chi connectivity index (χ2v) is 5.23. The van der Waals surface area contributed by atoms with Crippen LogP contribution in [-0.2, 0) is 6.54 Å². The lowest BCUT2D eigenvalue weighted by Gasteiger charge is -2.08. The van der Waals surface area contributed by atoms with Crippen molar-refractivity contribution in [3.05, 3.63) is 83.8 Å². The van der Waals surface area contributed by atoms with Gasteiger partial charge in [-0.1, -0.05) is 12.1 Å². The molecule has 0 aliphatic rings. The van der Waals surface area contributed by atoms with Crippen molar-refractivity contribution in [2.24, 2.45) is 0 Å². The fraction of sp³-hybridized carbons (Fsp3) is 0.0556. The molecule has 0 fully saturated rings. The van der Waals surface area contributed by atoms with E-state index in [-0.39, 0.29) is 17.3 Å². The minimum absolute atomic E-state index is 0.168. The first kappa shape index (κ1) is 16.5. The van der Waals surface area contributed by atoms with Crippen LogP contribution in [0, 0.1) is 11.6 Å². The van der Waals surface area contributed by atoms with Gasteiger partial charge in [0, 0.05) is 18.3 Å². The van der Waals surface area contributed by atoms with Crippen LogP contribution in [0.3, 0.4) is 0 Å². The summed E-state index contributed by atoms with van der Waals surface area (Å²) in [6.07, 6.45) is 1.27. The van der Waals surface area contributed by atoms with E-state index in [4.69, 9.17) is 0 Å². The van der Waals surface area contributed by atoms with Crippen molar-refractivity contribution in [2.45, 2.75) is 6.54 Å². The van der Waals surface area contributed by atoms with Crippen LogP contribution in [0.5, 0.6) is 0 Å². The molecule has 0 unspecified atom stereocenters. The predicted octanol–water partition coefficient (Wildman–Crippen LogP) is 3.62. The summed E-state index contributed by atoms with van der Waals surface area (Å²) in [4.78, 5) is 20.2. The molecule has 7 heteroatoms. The fourth-order valence-corrected chi connectivity index (χ4v) is 2.10. The number of rotatable bonds is 5. The average Bonchev–Trinajstić information content (AvgIpc) is 2.63. The summed E-state index contributed by atoms with van der Waals surface area (Å²) in [5, 5.41) is 5.67. The molecule has 0 spiro atoms. The fourth-order valence-electron chi connectivity index (χ4n) is 2.10. The number of halogens is 2. The number of carbonyl (C=O) groups is 1. The number of nitrogens with zero attached hydrogens (tertiary/aromatic N) is 2. The predicted molar refractivity (Wildman–Crippen MR) is 90.1 cm³/mol. The molecule has 0 aliphatic carbocycles. The largest absolute Gasteiger partial charge is 0.366 e. The summed E-state index contributed by atoms with van der Waals surface area (Å²) < 4.78 is 25.8. The van der Waals surface area contributed by atoms with Gasteiger partial charge < -0.3 is 10.6 Å². The number of carbonyl (C=O) groups excluding carboxylic acids is 1. The maximum Gasteiger partial charge on any atom is 0.274 e. The third-order valence-corrected chi connectivity index (χ3v) is 3.39. The number of amides is 1. The highest BCUT2D eigenvalue weighted by Gasteiger charge is 2.09. The first-order valence-corrected chi connectivity index (χ1v) is 7.47. The van der Waals surface area contributed by atoms with Gasteiger partial charge >= 0.3 is 0 Å². The van der Waals surface area contributed by atoms with E-state index in [2.05, 4.69) is 20.6 Å². The Balaban J connectivity index is 1.64. The van der Waals surface area contributed by atoms with Gasteiger partial charge in [-0.2, -0.15) is 0 Å². The van der Waals surface area contributed by atoms with Gasteiger partial charge in [0.2, 0.25) is 0 Å². The van der Waals surface area contributed by atoms with Crippen LogP contribution in [-0.4, -0.2) is 15.9 Å². The van der Waals surface area contributed by atoms with Crippen LogP contribution in [0.15, 0.2) is 60.9 Å². The van der Waals surface area contributed by atoms with Crippen LogP contribution >= 0.6 is 0 Å². The van der Waals surface area contributed by atoms with E-state index in [0.717, 1.165) is 5.56 Å². The Labute approximate surface area is 142 Å². The Morgan fingerprint density at radius 1 is 0.920 bits per heavy atom. The Morgan fingerprint density at radius 2 is 1.56 bits per heavy atom. The maximum absolute atomic E-state index is 12.9. The molecule has 1 amide bonds. The molecule has 1 heterocycles. The number of anilines is 2. The molecule has 0 aliphatic heterocycles. The molecule has 2 N–H and O–H groups in total. The third-order valence-electron chi connectivity index (χ3n) is 3.39. The van der Waals surface area contributed by atoms with E-state index < -0.39 is 5.91 Å². The average molecular weight is 340 g/mol. The third kappa shape index (κ3) is 4.57. The zero-order valence-corrected chi connectivity index (χ0v) is 13.0. The summed E-state index contributed by atoms with van der Waals surface area (Å²) in [5.74, 6) is -0.653. The Kier molecular flexibility index (Phi) is 4.94. The summed E-state index contributed by atoms with van der Waals surface area (Å²) in [6.45, 7) is 0.427. The van der Waals surface area contributed by atoms with Gasteiger partial charge in [0.1, 0.15) is 29.5 Å². The van der Waals surface area contributed by atoms with Gasteiger partial charge in [0.15, 0.2) is 0 Å². The molecule has 5 nitrogen and oxygen atoms in total. The normalized spacial score (nSPS) is 10.3. The summed E-state index contributed by atoms with van der Waals surface area (Å²) >= 11 is 0. The van der Waals surface area contributed by atoms with E-state index in [1.165, 1.54) is 48.8 Å². The number of hydrogen-bond donors (Lipinski definition) is 2. The lowest BCUT2D eigenvalue weighted by Crippen LogP contribution is -2.14. The Morgan fingerprint density at radius 3 is 2.24 bits per heavy atom. The number of nitrogens with one attached hydrogen (secondary N) is 2. The zero-order valence-electron chi connectivity index (χ0n) is 13.0. The van der Waals surface area contributed by atoms with Crippen LogP contribution in [0.4, 0.5) is 20.3 Å². The molecule has 25 heavy (non-hydrogen) atoms. The maximum atomic E-state index is 12.9. The lowest BCUT2D eigenvalue weighted by atomic mass is 10.2. The van der Waals surface area contributed by atoms with Crippen molar-refractivity contribution >= 4 is 17.4 Å². The Bertz CT molecular complexity index is 867. The van der Waals surface area contributed by atoms with Gasteiger partial charge in [-0.3, -0.25) is 4.79 Å². The molecule has 126 valence electrons. The number of aromatic nitrogens is 2. The van der Waals surface area contributed by atoms with Crippen LogP contribution in [0.25, 0.3) is 0 Å². The van der Waals surface area contributed by atoms with Crippen molar-refractivity contribution in [3.63, 3.8) is 0 Å².